The van der Waals surface area contributed by atoms with Gasteiger partial charge < -0.3 is 4.90 Å². The van der Waals surface area contributed by atoms with E-state index in [9.17, 15) is 13.2 Å². The van der Waals surface area contributed by atoms with Gasteiger partial charge in [0, 0.05) is 30.2 Å². The second kappa shape index (κ2) is 10.8. The number of nitrogens with zero attached hydrogens (tertiary/aromatic N) is 2. The van der Waals surface area contributed by atoms with Crippen molar-refractivity contribution in [1.29, 1.82) is 0 Å². The molecule has 0 radical (unpaired) electrons. The number of carbonyl (C=O) groups excluding carboxylic acids is 1. The number of fused-ring (bicyclic) bond motifs is 1. The number of carbonyl (C=O) groups is 1. The Kier molecular flexibility index (Phi) is 7.31. The average Bonchev–Trinajstić information content (AvgIpc) is 2.93. The molecule has 0 N–H and O–H groups in total. The highest BCUT2D eigenvalue weighted by molar-refractivity contribution is 7.92. The standard InChI is InChI=1S/C30H27ClN2O3S/c31-27-14-16-28(17-15-27)37(35,36)33-19-7-12-25-20-26(13-18-29(25)33)30(34)32(21-23-8-3-1-4-9-23)22-24-10-5-2-6-11-24/h1-6,8-11,13-18,20H,7,12,19,21-22H2. The normalized spacial score (nSPS) is 13.2. The van der Waals surface area contributed by atoms with E-state index in [1.165, 1.54) is 16.4 Å². The minimum Gasteiger partial charge on any atom is -0.330 e. The number of hydrogen-bond acceptors (Lipinski definition) is 3. The Labute approximate surface area is 223 Å². The molecule has 1 amide bonds. The van der Waals surface area contributed by atoms with Crippen LogP contribution in [0.3, 0.4) is 0 Å². The summed E-state index contributed by atoms with van der Waals surface area (Å²) in [6.45, 7) is 1.34. The fraction of sp³-hybridized carbons (Fsp3) is 0.167. The summed E-state index contributed by atoms with van der Waals surface area (Å²) in [5.74, 6) is -0.0896. The van der Waals surface area contributed by atoms with Gasteiger partial charge in [0.1, 0.15) is 0 Å². The Morgan fingerprint density at radius 2 is 1.41 bits per heavy atom. The zero-order valence-electron chi connectivity index (χ0n) is 20.3. The van der Waals surface area contributed by atoms with E-state index in [1.54, 1.807) is 24.3 Å². The van der Waals surface area contributed by atoms with E-state index >= 15 is 0 Å². The van der Waals surface area contributed by atoms with Gasteiger partial charge in [-0.2, -0.15) is 0 Å². The lowest BCUT2D eigenvalue weighted by Crippen LogP contribution is -2.36. The van der Waals surface area contributed by atoms with Crippen LogP contribution in [0.2, 0.25) is 5.02 Å². The molecule has 0 bridgehead atoms. The first kappa shape index (κ1) is 25.1. The molecule has 4 aromatic carbocycles. The lowest BCUT2D eigenvalue weighted by Gasteiger charge is -2.31. The van der Waals surface area contributed by atoms with Gasteiger partial charge in [0.2, 0.25) is 0 Å². The molecule has 0 unspecified atom stereocenters. The third-order valence-electron chi connectivity index (χ3n) is 6.52. The summed E-state index contributed by atoms with van der Waals surface area (Å²) < 4.78 is 28.2. The zero-order valence-corrected chi connectivity index (χ0v) is 21.8. The van der Waals surface area contributed by atoms with Crippen molar-refractivity contribution in [3.05, 3.63) is 130 Å². The molecule has 0 spiro atoms. The van der Waals surface area contributed by atoms with Crippen LogP contribution in [0.15, 0.2) is 108 Å². The third-order valence-corrected chi connectivity index (χ3v) is 8.60. The maximum Gasteiger partial charge on any atom is 0.264 e. The van der Waals surface area contributed by atoms with Gasteiger partial charge in [-0.3, -0.25) is 9.10 Å². The largest absolute Gasteiger partial charge is 0.330 e. The Bertz CT molecular complexity index is 1450. The Hall–Kier alpha value is -3.61. The summed E-state index contributed by atoms with van der Waals surface area (Å²) in [5, 5.41) is 0.483. The predicted octanol–water partition coefficient (Wildman–Crippen LogP) is 6.32. The van der Waals surface area contributed by atoms with Crippen LogP contribution >= 0.6 is 11.6 Å². The summed E-state index contributed by atoms with van der Waals surface area (Å²) in [5.41, 5.74) is 4.12. The smallest absolute Gasteiger partial charge is 0.264 e. The topological polar surface area (TPSA) is 57.7 Å². The van der Waals surface area contributed by atoms with Crippen molar-refractivity contribution in [2.75, 3.05) is 10.8 Å². The minimum absolute atomic E-state index is 0.0896. The summed E-state index contributed by atoms with van der Waals surface area (Å²) in [7, 11) is -3.74. The van der Waals surface area contributed by atoms with Crippen LogP contribution in [-0.4, -0.2) is 25.8 Å². The highest BCUT2D eigenvalue weighted by Crippen LogP contribution is 2.33. The fourth-order valence-electron chi connectivity index (χ4n) is 4.67. The molecule has 0 fully saturated rings. The molecule has 1 heterocycles. The van der Waals surface area contributed by atoms with E-state index in [0.29, 0.717) is 48.7 Å². The fourth-order valence-corrected chi connectivity index (χ4v) is 6.34. The third kappa shape index (κ3) is 5.55. The molecule has 0 aromatic heterocycles. The summed E-state index contributed by atoms with van der Waals surface area (Å²) >= 11 is 5.96. The van der Waals surface area contributed by atoms with Gasteiger partial charge in [-0.1, -0.05) is 72.3 Å². The number of anilines is 1. The lowest BCUT2D eigenvalue weighted by atomic mass is 10.00. The Morgan fingerprint density at radius 3 is 2.00 bits per heavy atom. The van der Waals surface area contributed by atoms with Gasteiger partial charge in [-0.15, -0.1) is 0 Å². The van der Waals surface area contributed by atoms with E-state index in [-0.39, 0.29) is 10.8 Å². The predicted molar refractivity (Wildman–Crippen MR) is 147 cm³/mol. The number of aryl methyl sites for hydroxylation is 1. The van der Waals surface area contributed by atoms with Gasteiger partial charge in [-0.05, 0) is 72.0 Å². The van der Waals surface area contributed by atoms with Crippen molar-refractivity contribution in [3.8, 4) is 0 Å². The maximum absolute atomic E-state index is 13.8. The SMILES string of the molecule is O=C(c1ccc2c(c1)CCCN2S(=O)(=O)c1ccc(Cl)cc1)N(Cc1ccccc1)Cc1ccccc1. The molecule has 0 saturated heterocycles. The quantitative estimate of drug-likeness (QED) is 0.281. The average molecular weight is 531 g/mol. The summed E-state index contributed by atoms with van der Waals surface area (Å²) in [6.07, 6.45) is 1.38. The van der Waals surface area contributed by atoms with Crippen LogP contribution in [0.25, 0.3) is 0 Å². The van der Waals surface area contributed by atoms with Gasteiger partial charge >= 0.3 is 0 Å². The Morgan fingerprint density at radius 1 is 0.811 bits per heavy atom. The van der Waals surface area contributed by atoms with Crippen LogP contribution in [0.5, 0.6) is 0 Å². The molecular formula is C30H27ClN2O3S. The molecular weight excluding hydrogens is 504 g/mol. The molecule has 0 saturated carbocycles. The number of amides is 1. The maximum atomic E-state index is 13.8. The minimum atomic E-state index is -3.74. The monoisotopic (exact) mass is 530 g/mol. The van der Waals surface area contributed by atoms with Crippen molar-refractivity contribution in [2.24, 2.45) is 0 Å². The number of benzene rings is 4. The van der Waals surface area contributed by atoms with Crippen molar-refractivity contribution in [2.45, 2.75) is 30.8 Å². The molecule has 5 rings (SSSR count). The highest BCUT2D eigenvalue weighted by atomic mass is 35.5. The van der Waals surface area contributed by atoms with Gasteiger partial charge in [0.15, 0.2) is 0 Å². The van der Waals surface area contributed by atoms with Crippen molar-refractivity contribution < 1.29 is 13.2 Å². The summed E-state index contributed by atoms with van der Waals surface area (Å²) in [6, 6.07) is 31.4. The number of halogens is 1. The lowest BCUT2D eigenvalue weighted by molar-refractivity contribution is 0.0730. The van der Waals surface area contributed by atoms with E-state index < -0.39 is 10.0 Å². The van der Waals surface area contributed by atoms with Gasteiger partial charge in [0.05, 0.1) is 10.6 Å². The van der Waals surface area contributed by atoms with Crippen LogP contribution in [-0.2, 0) is 29.5 Å². The van der Waals surface area contributed by atoms with Gasteiger partial charge in [-0.25, -0.2) is 8.42 Å². The first-order valence-electron chi connectivity index (χ1n) is 12.2. The summed E-state index contributed by atoms with van der Waals surface area (Å²) in [4.78, 5) is 15.8. The van der Waals surface area contributed by atoms with E-state index in [2.05, 4.69) is 0 Å². The van der Waals surface area contributed by atoms with Crippen LogP contribution in [0.4, 0.5) is 5.69 Å². The molecule has 188 valence electrons. The molecule has 5 nitrogen and oxygen atoms in total. The molecule has 0 atom stereocenters. The number of hydrogen-bond donors (Lipinski definition) is 0. The second-order valence-corrected chi connectivity index (χ2v) is 11.4. The van der Waals surface area contributed by atoms with Crippen LogP contribution in [0, 0.1) is 0 Å². The molecule has 1 aliphatic rings. The molecule has 1 aliphatic heterocycles. The van der Waals surface area contributed by atoms with Crippen LogP contribution in [0.1, 0.15) is 33.5 Å². The molecule has 4 aromatic rings. The first-order chi connectivity index (χ1) is 17.9. The van der Waals surface area contributed by atoms with E-state index in [0.717, 1.165) is 16.7 Å². The Balaban J connectivity index is 1.45. The van der Waals surface area contributed by atoms with Gasteiger partial charge in [0.25, 0.3) is 15.9 Å². The molecule has 7 heteroatoms. The first-order valence-corrected chi connectivity index (χ1v) is 14.0. The highest BCUT2D eigenvalue weighted by Gasteiger charge is 2.30. The zero-order chi connectivity index (χ0) is 25.8. The van der Waals surface area contributed by atoms with Crippen molar-refractivity contribution >= 4 is 33.2 Å². The molecule has 0 aliphatic carbocycles. The van der Waals surface area contributed by atoms with E-state index in [1.807, 2.05) is 71.6 Å². The number of sulfonamides is 1. The number of rotatable bonds is 7. The van der Waals surface area contributed by atoms with Crippen LogP contribution < -0.4 is 4.31 Å². The second-order valence-electron chi connectivity index (χ2n) is 9.11. The van der Waals surface area contributed by atoms with Crippen molar-refractivity contribution in [1.82, 2.24) is 4.90 Å². The van der Waals surface area contributed by atoms with Crippen molar-refractivity contribution in [3.63, 3.8) is 0 Å². The van der Waals surface area contributed by atoms with E-state index in [4.69, 9.17) is 11.6 Å². The molecule has 37 heavy (non-hydrogen) atoms.